The minimum Gasteiger partial charge on any atom is -0.361 e. The maximum Gasteiger partial charge on any atom is 0.166 e. The fraction of sp³-hybridized carbons (Fsp3) is 0.500. The quantitative estimate of drug-likeness (QED) is 0.750. The van der Waals surface area contributed by atoms with Gasteiger partial charge in [-0.2, -0.15) is 0 Å². The first-order valence-corrected chi connectivity index (χ1v) is 5.40. The van der Waals surface area contributed by atoms with E-state index in [0.717, 1.165) is 5.01 Å². The van der Waals surface area contributed by atoms with Crippen LogP contribution >= 0.6 is 23.6 Å². The number of aromatic nitrogens is 1. The lowest BCUT2D eigenvalue weighted by atomic mass is 10.4. The first kappa shape index (κ1) is 10.4. The maximum atomic E-state index is 5.06. The number of thiocarbonyl (C=S) groups is 1. The highest BCUT2D eigenvalue weighted by Gasteiger charge is 1.99. The molecule has 0 unspecified atom stereocenters. The van der Waals surface area contributed by atoms with Gasteiger partial charge in [0.15, 0.2) is 5.11 Å². The van der Waals surface area contributed by atoms with Crippen molar-refractivity contribution >= 4 is 28.7 Å². The normalized spacial score (nSPS) is 10.1. The van der Waals surface area contributed by atoms with Crippen LogP contribution in [-0.2, 0) is 6.54 Å². The molecule has 0 aromatic carbocycles. The first-order chi connectivity index (χ1) is 6.18. The Morgan fingerprint density at radius 3 is 3.00 bits per heavy atom. The van der Waals surface area contributed by atoms with E-state index in [2.05, 4.69) is 29.5 Å². The molecule has 1 aromatic rings. The van der Waals surface area contributed by atoms with E-state index in [9.17, 15) is 0 Å². The lowest BCUT2D eigenvalue weighted by Gasteiger charge is -2.11. The number of nitrogens with one attached hydrogen (secondary N) is 2. The van der Waals surface area contributed by atoms with Crippen LogP contribution in [0.1, 0.15) is 18.9 Å². The van der Waals surface area contributed by atoms with Gasteiger partial charge in [0, 0.05) is 17.6 Å². The Morgan fingerprint density at radius 1 is 1.69 bits per heavy atom. The molecule has 1 aromatic heterocycles. The van der Waals surface area contributed by atoms with E-state index in [1.807, 2.05) is 5.38 Å². The van der Waals surface area contributed by atoms with E-state index in [1.54, 1.807) is 17.5 Å². The highest BCUT2D eigenvalue weighted by atomic mass is 32.1. The van der Waals surface area contributed by atoms with Crippen molar-refractivity contribution in [2.24, 2.45) is 0 Å². The average molecular weight is 215 g/mol. The van der Waals surface area contributed by atoms with Crippen molar-refractivity contribution in [1.82, 2.24) is 15.6 Å². The van der Waals surface area contributed by atoms with E-state index in [-0.39, 0.29) is 0 Å². The van der Waals surface area contributed by atoms with Crippen molar-refractivity contribution in [1.29, 1.82) is 0 Å². The van der Waals surface area contributed by atoms with Crippen LogP contribution in [0.4, 0.5) is 0 Å². The monoisotopic (exact) mass is 215 g/mol. The van der Waals surface area contributed by atoms with Crippen molar-refractivity contribution in [3.63, 3.8) is 0 Å². The smallest absolute Gasteiger partial charge is 0.166 e. The molecule has 0 fully saturated rings. The summed E-state index contributed by atoms with van der Waals surface area (Å²) >= 11 is 6.68. The van der Waals surface area contributed by atoms with Gasteiger partial charge in [0.2, 0.25) is 0 Å². The molecule has 0 atom stereocenters. The predicted octanol–water partition coefficient (Wildman–Crippen LogP) is 1.52. The molecule has 0 saturated carbocycles. The standard InChI is InChI=1S/C8H13N3S2/c1-6(2)11-8(12)10-5-7-9-3-4-13-7/h3-4,6H,5H2,1-2H3,(H2,10,11,12). The van der Waals surface area contributed by atoms with Crippen molar-refractivity contribution in [3.05, 3.63) is 16.6 Å². The van der Waals surface area contributed by atoms with Crippen LogP contribution in [0.15, 0.2) is 11.6 Å². The Balaban J connectivity index is 2.23. The molecule has 0 bridgehead atoms. The Hall–Kier alpha value is -0.680. The van der Waals surface area contributed by atoms with Gasteiger partial charge < -0.3 is 10.6 Å². The summed E-state index contributed by atoms with van der Waals surface area (Å²) < 4.78 is 0. The Kier molecular flexibility index (Phi) is 4.11. The second kappa shape index (κ2) is 5.14. The topological polar surface area (TPSA) is 37.0 Å². The van der Waals surface area contributed by atoms with Crippen molar-refractivity contribution in [2.45, 2.75) is 26.4 Å². The third-order valence-corrected chi connectivity index (χ3v) is 2.35. The molecule has 0 aliphatic carbocycles. The molecule has 0 saturated heterocycles. The molecule has 2 N–H and O–H groups in total. The highest BCUT2D eigenvalue weighted by Crippen LogP contribution is 2.02. The third-order valence-electron chi connectivity index (χ3n) is 1.30. The second-order valence-corrected chi connectivity index (χ2v) is 4.29. The highest BCUT2D eigenvalue weighted by molar-refractivity contribution is 7.80. The third kappa shape index (κ3) is 4.19. The summed E-state index contributed by atoms with van der Waals surface area (Å²) in [5, 5.41) is 9.88. The summed E-state index contributed by atoms with van der Waals surface area (Å²) in [5.74, 6) is 0. The van der Waals surface area contributed by atoms with E-state index < -0.39 is 0 Å². The fourth-order valence-corrected chi connectivity index (χ4v) is 1.67. The van der Waals surface area contributed by atoms with Crippen LogP contribution in [0, 0.1) is 0 Å². The molecule has 0 radical (unpaired) electrons. The van der Waals surface area contributed by atoms with Gasteiger partial charge in [-0.3, -0.25) is 0 Å². The van der Waals surface area contributed by atoms with Crippen LogP contribution in [0.5, 0.6) is 0 Å². The van der Waals surface area contributed by atoms with Gasteiger partial charge in [0.25, 0.3) is 0 Å². The Bertz CT molecular complexity index is 256. The molecular weight excluding hydrogens is 202 g/mol. The van der Waals surface area contributed by atoms with Gasteiger partial charge in [0.05, 0.1) is 6.54 Å². The lowest BCUT2D eigenvalue weighted by Crippen LogP contribution is -2.38. The molecule has 3 nitrogen and oxygen atoms in total. The molecule has 5 heteroatoms. The number of hydrogen-bond donors (Lipinski definition) is 2. The minimum absolute atomic E-state index is 0.372. The van der Waals surface area contributed by atoms with E-state index in [4.69, 9.17) is 12.2 Å². The zero-order valence-corrected chi connectivity index (χ0v) is 9.34. The van der Waals surface area contributed by atoms with E-state index >= 15 is 0 Å². The number of hydrogen-bond acceptors (Lipinski definition) is 3. The Labute approximate surface area is 87.6 Å². The van der Waals surface area contributed by atoms with Gasteiger partial charge in [-0.25, -0.2) is 4.98 Å². The molecule has 0 aliphatic heterocycles. The SMILES string of the molecule is CC(C)NC(=S)NCc1nccs1. The lowest BCUT2D eigenvalue weighted by molar-refractivity contribution is 0.712. The minimum atomic E-state index is 0.372. The zero-order chi connectivity index (χ0) is 9.68. The molecule has 72 valence electrons. The average Bonchev–Trinajstić information content (AvgIpc) is 2.51. The zero-order valence-electron chi connectivity index (χ0n) is 7.70. The van der Waals surface area contributed by atoms with Crippen molar-refractivity contribution in [3.8, 4) is 0 Å². The Morgan fingerprint density at radius 2 is 2.46 bits per heavy atom. The summed E-state index contributed by atoms with van der Waals surface area (Å²) in [4.78, 5) is 4.14. The molecule has 0 amide bonds. The number of thiazole rings is 1. The molecular formula is C8H13N3S2. The van der Waals surface area contributed by atoms with Gasteiger partial charge in [0.1, 0.15) is 5.01 Å². The molecule has 0 aliphatic rings. The van der Waals surface area contributed by atoms with Crippen LogP contribution in [0.3, 0.4) is 0 Å². The molecule has 13 heavy (non-hydrogen) atoms. The summed E-state index contributed by atoms with van der Waals surface area (Å²) in [6.07, 6.45) is 1.79. The summed E-state index contributed by atoms with van der Waals surface area (Å²) in [6.45, 7) is 4.81. The second-order valence-electron chi connectivity index (χ2n) is 2.91. The fourth-order valence-electron chi connectivity index (χ4n) is 0.809. The first-order valence-electron chi connectivity index (χ1n) is 4.11. The maximum absolute atomic E-state index is 5.06. The van der Waals surface area contributed by atoms with Gasteiger partial charge in [-0.1, -0.05) is 0 Å². The summed E-state index contributed by atoms with van der Waals surface area (Å²) in [7, 11) is 0. The van der Waals surface area contributed by atoms with Gasteiger partial charge in [-0.15, -0.1) is 11.3 Å². The van der Waals surface area contributed by atoms with Gasteiger partial charge in [-0.05, 0) is 26.1 Å². The molecule has 1 rings (SSSR count). The van der Waals surface area contributed by atoms with Crippen LogP contribution in [-0.4, -0.2) is 16.1 Å². The van der Waals surface area contributed by atoms with Crippen LogP contribution < -0.4 is 10.6 Å². The van der Waals surface area contributed by atoms with Crippen LogP contribution in [0.25, 0.3) is 0 Å². The molecule has 1 heterocycles. The largest absolute Gasteiger partial charge is 0.361 e. The number of nitrogens with zero attached hydrogens (tertiary/aromatic N) is 1. The predicted molar refractivity (Wildman–Crippen MR) is 59.8 cm³/mol. The van der Waals surface area contributed by atoms with Crippen molar-refractivity contribution in [2.75, 3.05) is 0 Å². The van der Waals surface area contributed by atoms with E-state index in [0.29, 0.717) is 17.7 Å². The summed E-state index contributed by atoms with van der Waals surface area (Å²) in [5.41, 5.74) is 0. The summed E-state index contributed by atoms with van der Waals surface area (Å²) in [6, 6.07) is 0.372. The van der Waals surface area contributed by atoms with Crippen molar-refractivity contribution < 1.29 is 0 Å². The molecule has 0 spiro atoms. The number of rotatable bonds is 3. The van der Waals surface area contributed by atoms with Crippen LogP contribution in [0.2, 0.25) is 0 Å². The van der Waals surface area contributed by atoms with E-state index in [1.165, 1.54) is 0 Å². The van der Waals surface area contributed by atoms with Gasteiger partial charge >= 0.3 is 0 Å².